The first-order valence-electron chi connectivity index (χ1n) is 13.6. The third-order valence-corrected chi connectivity index (χ3v) is 7.85. The second-order valence-corrected chi connectivity index (χ2v) is 12.3. The summed E-state index contributed by atoms with van der Waals surface area (Å²) < 4.78 is 0. The van der Waals surface area contributed by atoms with Crippen LogP contribution in [-0.2, 0) is 19.2 Å². The summed E-state index contributed by atoms with van der Waals surface area (Å²) in [5.41, 5.74) is -0.487. The van der Waals surface area contributed by atoms with Crippen LogP contribution in [0.1, 0.15) is 66.7 Å². The Kier molecular flexibility index (Phi) is 10.9. The average Bonchev–Trinajstić information content (AvgIpc) is 3.30. The van der Waals surface area contributed by atoms with Crippen molar-refractivity contribution < 1.29 is 24.3 Å². The Hall–Kier alpha value is -2.20. The molecule has 0 aliphatic carbocycles. The molecule has 0 aromatic carbocycles. The maximum atomic E-state index is 13.8. The molecule has 37 heavy (non-hydrogen) atoms. The fourth-order valence-electron chi connectivity index (χ4n) is 5.47. The summed E-state index contributed by atoms with van der Waals surface area (Å²) in [5, 5.41) is 12.5. The minimum absolute atomic E-state index is 0.0858. The van der Waals surface area contributed by atoms with E-state index in [-0.39, 0.29) is 42.3 Å². The first-order valence-corrected chi connectivity index (χ1v) is 13.6. The van der Waals surface area contributed by atoms with Crippen molar-refractivity contribution in [1.29, 1.82) is 0 Å². The van der Waals surface area contributed by atoms with Gasteiger partial charge < -0.3 is 20.2 Å². The zero-order valence-corrected chi connectivity index (χ0v) is 24.1. The largest absolute Gasteiger partial charge is 0.480 e. The van der Waals surface area contributed by atoms with Crippen molar-refractivity contribution in [2.24, 2.45) is 11.3 Å². The predicted molar refractivity (Wildman–Crippen MR) is 143 cm³/mol. The monoisotopic (exact) mass is 523 g/mol. The molecule has 2 rings (SSSR count). The summed E-state index contributed by atoms with van der Waals surface area (Å²) in [4.78, 5) is 58.4. The Bertz CT molecular complexity index is 826. The lowest BCUT2D eigenvalue weighted by Gasteiger charge is -2.40. The average molecular weight is 524 g/mol. The highest BCUT2D eigenvalue weighted by atomic mass is 16.4. The highest BCUT2D eigenvalue weighted by Gasteiger charge is 2.40. The summed E-state index contributed by atoms with van der Waals surface area (Å²) in [7, 11) is 5.54. The molecule has 0 spiro atoms. The number of carboxylic acids is 1. The third kappa shape index (κ3) is 8.14. The zero-order valence-electron chi connectivity index (χ0n) is 24.1. The molecule has 3 unspecified atom stereocenters. The van der Waals surface area contributed by atoms with E-state index < -0.39 is 23.5 Å². The molecule has 0 bridgehead atoms. The standard InChI is InChI=1S/C27H49N5O5/c1-18(2)21(16-29(6)17-22(33)32-15-11-13-20(32)26(36)37)31(8)25(35)23(27(3,4)5)28-24(34)19-12-9-10-14-30(19)7/h18-21,23H,9-17H2,1-8H3,(H,28,34)(H,36,37)/t19?,20?,21-,23?/m1/s1. The number of likely N-dealkylation sites (tertiary alicyclic amines) is 2. The number of rotatable bonds is 10. The van der Waals surface area contributed by atoms with Crippen LogP contribution in [0.5, 0.6) is 0 Å². The highest BCUT2D eigenvalue weighted by molar-refractivity contribution is 5.90. The molecule has 2 saturated heterocycles. The van der Waals surface area contributed by atoms with Gasteiger partial charge in [-0.3, -0.25) is 24.2 Å². The minimum Gasteiger partial charge on any atom is -0.480 e. The Morgan fingerprint density at radius 3 is 2.16 bits per heavy atom. The van der Waals surface area contributed by atoms with E-state index >= 15 is 0 Å². The fourth-order valence-corrected chi connectivity index (χ4v) is 5.47. The van der Waals surface area contributed by atoms with Gasteiger partial charge in [-0.15, -0.1) is 0 Å². The SMILES string of the molecule is CC(C)[C@@H](CN(C)CC(=O)N1CCCC1C(=O)O)N(C)C(=O)C(NC(=O)C1CCCCN1C)C(C)(C)C. The summed E-state index contributed by atoms with van der Waals surface area (Å²) in [6, 6.07) is -1.87. The molecule has 2 heterocycles. The van der Waals surface area contributed by atoms with E-state index in [0.29, 0.717) is 25.9 Å². The van der Waals surface area contributed by atoms with Crippen LogP contribution in [-0.4, -0.2) is 120 Å². The molecule has 3 amide bonds. The maximum absolute atomic E-state index is 13.8. The summed E-state index contributed by atoms with van der Waals surface area (Å²) >= 11 is 0. The Labute approximate surface area is 222 Å². The number of aliphatic carboxylic acids is 1. The second-order valence-electron chi connectivity index (χ2n) is 12.3. The summed E-state index contributed by atoms with van der Waals surface area (Å²) in [6.45, 7) is 11.8. The van der Waals surface area contributed by atoms with Gasteiger partial charge in [-0.05, 0) is 57.7 Å². The summed E-state index contributed by atoms with van der Waals surface area (Å²) in [6.07, 6.45) is 4.03. The number of hydrogen-bond acceptors (Lipinski definition) is 6. The van der Waals surface area contributed by atoms with E-state index in [4.69, 9.17) is 0 Å². The highest BCUT2D eigenvalue weighted by Crippen LogP contribution is 2.25. The lowest BCUT2D eigenvalue weighted by atomic mass is 9.84. The number of nitrogens with one attached hydrogen (secondary N) is 1. The zero-order chi connectivity index (χ0) is 28.1. The van der Waals surface area contributed by atoms with Gasteiger partial charge in [0.15, 0.2) is 0 Å². The molecule has 10 heteroatoms. The first-order chi connectivity index (χ1) is 17.1. The molecule has 2 aliphatic rings. The number of carbonyl (C=O) groups excluding carboxylic acids is 3. The quantitative estimate of drug-likeness (QED) is 0.446. The predicted octanol–water partition coefficient (Wildman–Crippen LogP) is 1.49. The van der Waals surface area contributed by atoms with Crippen molar-refractivity contribution in [3.05, 3.63) is 0 Å². The van der Waals surface area contributed by atoms with Crippen LogP contribution in [0.15, 0.2) is 0 Å². The van der Waals surface area contributed by atoms with Crippen LogP contribution in [0.3, 0.4) is 0 Å². The van der Waals surface area contributed by atoms with Crippen molar-refractivity contribution in [2.45, 2.75) is 90.9 Å². The van der Waals surface area contributed by atoms with E-state index in [1.807, 2.05) is 53.6 Å². The van der Waals surface area contributed by atoms with Crippen LogP contribution in [0.4, 0.5) is 0 Å². The van der Waals surface area contributed by atoms with Gasteiger partial charge in [0.25, 0.3) is 0 Å². The lowest BCUT2D eigenvalue weighted by molar-refractivity contribution is -0.148. The maximum Gasteiger partial charge on any atom is 0.326 e. The van der Waals surface area contributed by atoms with Crippen molar-refractivity contribution in [3.63, 3.8) is 0 Å². The van der Waals surface area contributed by atoms with E-state index in [0.717, 1.165) is 25.8 Å². The Morgan fingerprint density at radius 2 is 1.62 bits per heavy atom. The van der Waals surface area contributed by atoms with Gasteiger partial charge in [0.2, 0.25) is 17.7 Å². The summed E-state index contributed by atoms with van der Waals surface area (Å²) in [5.74, 6) is -1.32. The molecule has 0 saturated carbocycles. The van der Waals surface area contributed by atoms with Gasteiger partial charge in [0, 0.05) is 26.2 Å². The van der Waals surface area contributed by atoms with Crippen LogP contribution in [0.25, 0.3) is 0 Å². The van der Waals surface area contributed by atoms with Crippen LogP contribution < -0.4 is 5.32 Å². The van der Waals surface area contributed by atoms with E-state index in [1.54, 1.807) is 11.9 Å². The van der Waals surface area contributed by atoms with Crippen LogP contribution in [0.2, 0.25) is 0 Å². The minimum atomic E-state index is -0.964. The molecule has 4 atom stereocenters. The first kappa shape index (κ1) is 31.0. The third-order valence-electron chi connectivity index (χ3n) is 7.85. The smallest absolute Gasteiger partial charge is 0.326 e. The van der Waals surface area contributed by atoms with Gasteiger partial charge >= 0.3 is 5.97 Å². The number of likely N-dealkylation sites (N-methyl/N-ethyl adjacent to an activating group) is 3. The molecule has 0 aromatic heterocycles. The Morgan fingerprint density at radius 1 is 1.00 bits per heavy atom. The number of nitrogens with zero attached hydrogens (tertiary/aromatic N) is 4. The normalized spacial score (nSPS) is 22.7. The number of carboxylic acid groups (broad SMARTS) is 1. The van der Waals surface area contributed by atoms with Gasteiger partial charge in [0.05, 0.1) is 12.6 Å². The second kappa shape index (κ2) is 13.0. The van der Waals surface area contributed by atoms with Gasteiger partial charge in [0.1, 0.15) is 12.1 Å². The number of amides is 3. The van der Waals surface area contributed by atoms with E-state index in [1.165, 1.54) is 4.90 Å². The molecule has 10 nitrogen and oxygen atoms in total. The Balaban J connectivity index is 2.10. The fraction of sp³-hybridized carbons (Fsp3) is 0.852. The molecule has 2 fully saturated rings. The topological polar surface area (TPSA) is 113 Å². The van der Waals surface area contributed by atoms with Gasteiger partial charge in [-0.25, -0.2) is 4.79 Å². The van der Waals surface area contributed by atoms with Crippen LogP contribution in [0, 0.1) is 11.3 Å². The number of hydrogen-bond donors (Lipinski definition) is 2. The van der Waals surface area contributed by atoms with Crippen molar-refractivity contribution in [2.75, 3.05) is 47.3 Å². The van der Waals surface area contributed by atoms with Crippen molar-refractivity contribution in [1.82, 2.24) is 24.9 Å². The van der Waals surface area contributed by atoms with Crippen LogP contribution >= 0.6 is 0 Å². The lowest BCUT2D eigenvalue weighted by Crippen LogP contribution is -2.60. The number of piperidine rings is 1. The van der Waals surface area contributed by atoms with Gasteiger partial charge in [-0.2, -0.15) is 0 Å². The molecule has 0 radical (unpaired) electrons. The van der Waals surface area contributed by atoms with E-state index in [9.17, 15) is 24.3 Å². The van der Waals surface area contributed by atoms with E-state index in [2.05, 4.69) is 10.2 Å². The molecular weight excluding hydrogens is 474 g/mol. The molecule has 2 aliphatic heterocycles. The molecule has 0 aromatic rings. The van der Waals surface area contributed by atoms with Gasteiger partial charge in [-0.1, -0.05) is 41.0 Å². The van der Waals surface area contributed by atoms with Crippen molar-refractivity contribution >= 4 is 23.7 Å². The molecular formula is C27H49N5O5. The number of carbonyl (C=O) groups is 4. The molecule has 212 valence electrons. The molecule has 2 N–H and O–H groups in total. The van der Waals surface area contributed by atoms with Crippen molar-refractivity contribution in [3.8, 4) is 0 Å².